The van der Waals surface area contributed by atoms with E-state index in [2.05, 4.69) is 5.32 Å². The zero-order valence-electron chi connectivity index (χ0n) is 13.7. The summed E-state index contributed by atoms with van der Waals surface area (Å²) in [4.78, 5) is 12.3. The molecule has 0 bridgehead atoms. The zero-order chi connectivity index (χ0) is 16.5. The summed E-state index contributed by atoms with van der Waals surface area (Å²) in [6, 6.07) is 5.53. The third-order valence-electron chi connectivity index (χ3n) is 4.20. The van der Waals surface area contributed by atoms with Crippen molar-refractivity contribution in [3.8, 4) is 5.75 Å². The molecule has 0 aliphatic carbocycles. The molecule has 1 unspecified atom stereocenters. The van der Waals surface area contributed by atoms with E-state index in [1.165, 1.54) is 0 Å². The van der Waals surface area contributed by atoms with Crippen LogP contribution in [0.1, 0.15) is 36.9 Å². The summed E-state index contributed by atoms with van der Waals surface area (Å²) in [5.41, 5.74) is 0.353. The average molecular weight is 305 g/mol. The lowest BCUT2D eigenvalue weighted by molar-refractivity contribution is 0.0139. The van der Waals surface area contributed by atoms with Gasteiger partial charge in [-0.2, -0.15) is 0 Å². The van der Waals surface area contributed by atoms with E-state index in [9.17, 15) is 9.90 Å². The summed E-state index contributed by atoms with van der Waals surface area (Å²) < 4.78 is 10.9. The molecule has 0 saturated heterocycles. The van der Waals surface area contributed by atoms with Gasteiger partial charge < -0.3 is 19.6 Å². The fourth-order valence-electron chi connectivity index (χ4n) is 2.14. The fourth-order valence-corrected chi connectivity index (χ4v) is 2.14. The number of methoxy groups -OCH3 is 1. The van der Waals surface area contributed by atoms with Crippen molar-refractivity contribution in [2.45, 2.75) is 33.3 Å². The molecule has 2 aromatic rings. The van der Waals surface area contributed by atoms with E-state index in [4.69, 9.17) is 9.15 Å². The molecule has 0 fully saturated rings. The summed E-state index contributed by atoms with van der Waals surface area (Å²) in [7, 11) is 1.56. The molecule has 1 atom stereocenters. The minimum atomic E-state index is -0.965. The molecule has 0 aliphatic heterocycles. The minimum Gasteiger partial charge on any atom is -0.493 e. The summed E-state index contributed by atoms with van der Waals surface area (Å²) in [5.74, 6) is 0.536. The lowest BCUT2D eigenvalue weighted by Crippen LogP contribution is -2.44. The predicted molar refractivity (Wildman–Crippen MR) is 85.3 cm³/mol. The topological polar surface area (TPSA) is 71.7 Å². The van der Waals surface area contributed by atoms with E-state index in [0.717, 1.165) is 10.9 Å². The molecule has 1 heterocycles. The molecular formula is C17H23NO4. The summed E-state index contributed by atoms with van der Waals surface area (Å²) in [6.07, 6.45) is 0. The number of hydrogen-bond acceptors (Lipinski definition) is 4. The average Bonchev–Trinajstić information content (AvgIpc) is 2.82. The second-order valence-electron chi connectivity index (χ2n) is 6.09. The number of benzene rings is 1. The third kappa shape index (κ3) is 2.95. The van der Waals surface area contributed by atoms with Crippen LogP contribution in [0.15, 0.2) is 22.6 Å². The summed E-state index contributed by atoms with van der Waals surface area (Å²) in [5, 5.41) is 13.8. The SMILES string of the molecule is COc1cccc2c(C)c(C(=O)NCC(C)(O)C(C)C)oc12. The Hall–Kier alpha value is -2.01. The lowest BCUT2D eigenvalue weighted by atomic mass is 9.92. The van der Waals surface area contributed by atoms with Crippen LogP contribution in [0.2, 0.25) is 0 Å². The van der Waals surface area contributed by atoms with Gasteiger partial charge in [-0.1, -0.05) is 26.0 Å². The largest absolute Gasteiger partial charge is 0.493 e. The molecule has 1 aromatic carbocycles. The van der Waals surface area contributed by atoms with Crippen LogP contribution in [0, 0.1) is 12.8 Å². The van der Waals surface area contributed by atoms with Gasteiger partial charge in [-0.3, -0.25) is 4.79 Å². The van der Waals surface area contributed by atoms with Crippen molar-refractivity contribution in [2.24, 2.45) is 5.92 Å². The molecule has 1 amide bonds. The van der Waals surface area contributed by atoms with E-state index in [-0.39, 0.29) is 24.1 Å². The summed E-state index contributed by atoms with van der Waals surface area (Å²) >= 11 is 0. The predicted octanol–water partition coefficient (Wildman–Crippen LogP) is 2.89. The molecule has 2 rings (SSSR count). The Morgan fingerprint density at radius 2 is 2.14 bits per heavy atom. The van der Waals surface area contributed by atoms with Gasteiger partial charge in [-0.25, -0.2) is 0 Å². The third-order valence-corrected chi connectivity index (χ3v) is 4.20. The first-order valence-corrected chi connectivity index (χ1v) is 7.34. The van der Waals surface area contributed by atoms with Crippen molar-refractivity contribution in [1.82, 2.24) is 5.32 Å². The molecule has 5 heteroatoms. The maximum atomic E-state index is 12.3. The first-order chi connectivity index (χ1) is 10.3. The van der Waals surface area contributed by atoms with Crippen LogP contribution in [0.3, 0.4) is 0 Å². The second kappa shape index (κ2) is 6.01. The van der Waals surface area contributed by atoms with Gasteiger partial charge in [0.1, 0.15) is 0 Å². The zero-order valence-corrected chi connectivity index (χ0v) is 13.7. The molecule has 0 aliphatic rings. The minimum absolute atomic E-state index is 0.0321. The number of nitrogens with one attached hydrogen (secondary N) is 1. The first kappa shape index (κ1) is 16.4. The van der Waals surface area contributed by atoms with Gasteiger partial charge >= 0.3 is 0 Å². The number of carbonyl (C=O) groups excluding carboxylic acids is 1. The van der Waals surface area contributed by atoms with Crippen LogP contribution in [-0.4, -0.2) is 30.3 Å². The number of ether oxygens (including phenoxy) is 1. The smallest absolute Gasteiger partial charge is 0.287 e. The fraction of sp³-hybridized carbons (Fsp3) is 0.471. The highest BCUT2D eigenvalue weighted by atomic mass is 16.5. The van der Waals surface area contributed by atoms with E-state index in [0.29, 0.717) is 11.3 Å². The van der Waals surface area contributed by atoms with Crippen LogP contribution in [0.25, 0.3) is 11.0 Å². The van der Waals surface area contributed by atoms with Crippen molar-refractivity contribution in [3.05, 3.63) is 29.5 Å². The molecule has 0 radical (unpaired) electrons. The molecule has 2 N–H and O–H groups in total. The Balaban J connectivity index is 2.27. The molecule has 120 valence electrons. The van der Waals surface area contributed by atoms with E-state index >= 15 is 0 Å². The number of rotatable bonds is 5. The van der Waals surface area contributed by atoms with Crippen molar-refractivity contribution in [1.29, 1.82) is 0 Å². The van der Waals surface area contributed by atoms with Crippen LogP contribution in [0.5, 0.6) is 5.75 Å². The molecule has 0 spiro atoms. The number of carbonyl (C=O) groups is 1. The first-order valence-electron chi connectivity index (χ1n) is 7.34. The monoisotopic (exact) mass is 305 g/mol. The Bertz CT molecular complexity index is 685. The number of hydrogen-bond donors (Lipinski definition) is 2. The number of para-hydroxylation sites is 1. The van der Waals surface area contributed by atoms with Gasteiger partial charge in [0.05, 0.1) is 12.7 Å². The number of aryl methyl sites for hydroxylation is 1. The maximum absolute atomic E-state index is 12.3. The number of fused-ring (bicyclic) bond motifs is 1. The van der Waals surface area contributed by atoms with Gasteiger partial charge in [0, 0.05) is 17.5 Å². The van der Waals surface area contributed by atoms with Crippen LogP contribution in [0.4, 0.5) is 0 Å². The van der Waals surface area contributed by atoms with Crippen molar-refractivity contribution in [2.75, 3.05) is 13.7 Å². The lowest BCUT2D eigenvalue weighted by Gasteiger charge is -2.27. The van der Waals surface area contributed by atoms with Crippen LogP contribution in [-0.2, 0) is 0 Å². The normalized spacial score (nSPS) is 14.1. The van der Waals surface area contributed by atoms with Gasteiger partial charge in [-0.05, 0) is 25.8 Å². The standard InChI is InChI=1S/C17H23NO4/c1-10(2)17(4,20)9-18-16(19)14-11(3)12-7-6-8-13(21-5)15(12)22-14/h6-8,10,20H,9H2,1-5H3,(H,18,19). The quantitative estimate of drug-likeness (QED) is 0.891. The van der Waals surface area contributed by atoms with Crippen molar-refractivity contribution >= 4 is 16.9 Å². The second-order valence-corrected chi connectivity index (χ2v) is 6.09. The Morgan fingerprint density at radius 3 is 2.73 bits per heavy atom. The van der Waals surface area contributed by atoms with Crippen LogP contribution < -0.4 is 10.1 Å². The van der Waals surface area contributed by atoms with Crippen LogP contribution >= 0.6 is 0 Å². The summed E-state index contributed by atoms with van der Waals surface area (Å²) in [6.45, 7) is 7.51. The molecule has 1 aromatic heterocycles. The molecule has 0 saturated carbocycles. The molecular weight excluding hydrogens is 282 g/mol. The Kier molecular flexibility index (Phi) is 4.47. The number of furan rings is 1. The van der Waals surface area contributed by atoms with Crippen molar-refractivity contribution < 1.29 is 19.1 Å². The number of amides is 1. The van der Waals surface area contributed by atoms with E-state index < -0.39 is 5.60 Å². The van der Waals surface area contributed by atoms with E-state index in [1.54, 1.807) is 20.1 Å². The van der Waals surface area contributed by atoms with Gasteiger partial charge in [0.2, 0.25) is 0 Å². The van der Waals surface area contributed by atoms with Gasteiger partial charge in [0.25, 0.3) is 5.91 Å². The maximum Gasteiger partial charge on any atom is 0.287 e. The van der Waals surface area contributed by atoms with Crippen molar-refractivity contribution in [3.63, 3.8) is 0 Å². The Labute approximate surface area is 130 Å². The van der Waals surface area contributed by atoms with Gasteiger partial charge in [-0.15, -0.1) is 0 Å². The molecule has 5 nitrogen and oxygen atoms in total. The Morgan fingerprint density at radius 1 is 1.45 bits per heavy atom. The highest BCUT2D eigenvalue weighted by Crippen LogP contribution is 2.32. The molecule has 22 heavy (non-hydrogen) atoms. The van der Waals surface area contributed by atoms with Gasteiger partial charge in [0.15, 0.2) is 17.1 Å². The number of aliphatic hydroxyl groups is 1. The highest BCUT2D eigenvalue weighted by Gasteiger charge is 2.27. The van der Waals surface area contributed by atoms with E-state index in [1.807, 2.05) is 32.9 Å². The highest BCUT2D eigenvalue weighted by molar-refractivity contribution is 6.00.